The van der Waals surface area contributed by atoms with E-state index in [2.05, 4.69) is 25.8 Å². The number of aromatic amines is 1. The lowest BCUT2D eigenvalue weighted by Gasteiger charge is -2.07. The zero-order valence-corrected chi connectivity index (χ0v) is 10.1. The molecule has 0 saturated carbocycles. The van der Waals surface area contributed by atoms with Crippen LogP contribution in [0.15, 0.2) is 24.5 Å². The van der Waals surface area contributed by atoms with Crippen LogP contribution in [-0.4, -0.2) is 32.3 Å². The van der Waals surface area contributed by atoms with E-state index >= 15 is 0 Å². The maximum Gasteiger partial charge on any atom is 0.338 e. The van der Waals surface area contributed by atoms with Crippen LogP contribution in [-0.2, 0) is 6.54 Å². The topological polar surface area (TPSA) is 120 Å². The van der Waals surface area contributed by atoms with Crippen molar-refractivity contribution in [3.8, 4) is 0 Å². The quantitative estimate of drug-likeness (QED) is 0.664. The summed E-state index contributed by atoms with van der Waals surface area (Å²) in [6.45, 7) is 0.127. The highest BCUT2D eigenvalue weighted by Crippen LogP contribution is 2.14. The molecule has 2 amide bonds. The summed E-state index contributed by atoms with van der Waals surface area (Å²) in [5, 5.41) is 19.7. The lowest BCUT2D eigenvalue weighted by molar-refractivity contribution is 0.0692. The van der Waals surface area contributed by atoms with Crippen LogP contribution in [0.4, 0.5) is 14.9 Å². The number of aromatic nitrogens is 3. The molecular weight excluding hydrogens is 269 g/mol. The molecule has 20 heavy (non-hydrogen) atoms. The van der Waals surface area contributed by atoms with Crippen molar-refractivity contribution >= 4 is 17.7 Å². The van der Waals surface area contributed by atoms with Crippen molar-refractivity contribution < 1.29 is 19.1 Å². The molecule has 0 spiro atoms. The van der Waals surface area contributed by atoms with Crippen molar-refractivity contribution in [2.75, 3.05) is 5.32 Å². The minimum Gasteiger partial charge on any atom is -0.478 e. The smallest absolute Gasteiger partial charge is 0.338 e. The Labute approximate surface area is 112 Å². The van der Waals surface area contributed by atoms with Crippen molar-refractivity contribution in [2.45, 2.75) is 6.54 Å². The van der Waals surface area contributed by atoms with Gasteiger partial charge in [0.2, 0.25) is 0 Å². The summed E-state index contributed by atoms with van der Waals surface area (Å²) < 4.78 is 13.4. The van der Waals surface area contributed by atoms with E-state index in [4.69, 9.17) is 5.11 Å². The van der Waals surface area contributed by atoms with Gasteiger partial charge < -0.3 is 15.7 Å². The second kappa shape index (κ2) is 5.78. The molecule has 2 aromatic rings. The number of anilines is 1. The molecule has 0 saturated heterocycles. The molecule has 1 aromatic carbocycles. The van der Waals surface area contributed by atoms with Gasteiger partial charge in [0, 0.05) is 5.69 Å². The van der Waals surface area contributed by atoms with E-state index in [-0.39, 0.29) is 12.2 Å². The number of carboxylic acids is 1. The van der Waals surface area contributed by atoms with Crippen LogP contribution in [0.2, 0.25) is 0 Å². The lowest BCUT2D eigenvalue weighted by Crippen LogP contribution is -2.28. The average Bonchev–Trinajstić information content (AvgIpc) is 2.89. The third-order valence-electron chi connectivity index (χ3n) is 2.34. The molecule has 0 aliphatic heterocycles. The summed E-state index contributed by atoms with van der Waals surface area (Å²) in [5.74, 6) is -1.83. The van der Waals surface area contributed by atoms with E-state index in [1.807, 2.05) is 0 Å². The first kappa shape index (κ1) is 13.5. The number of carboxylic acid groups (broad SMARTS) is 1. The van der Waals surface area contributed by atoms with Crippen LogP contribution < -0.4 is 10.6 Å². The third kappa shape index (κ3) is 3.28. The van der Waals surface area contributed by atoms with Crippen molar-refractivity contribution in [2.24, 2.45) is 0 Å². The second-order valence-corrected chi connectivity index (χ2v) is 3.74. The van der Waals surface area contributed by atoms with Gasteiger partial charge in [0.05, 0.1) is 12.1 Å². The molecule has 1 heterocycles. The minimum atomic E-state index is -1.37. The van der Waals surface area contributed by atoms with Gasteiger partial charge in [-0.2, -0.15) is 5.10 Å². The standard InChI is InChI=1S/C11H10FN5O3/c12-8-3-6(1-2-7(8)10(18)19)16-11(20)13-4-9-14-5-15-17-9/h1-3,5H,4H2,(H,18,19)(H2,13,16,20)(H,14,15,17). The Morgan fingerprint density at radius 2 is 2.20 bits per heavy atom. The number of halogens is 1. The first-order chi connectivity index (χ1) is 9.56. The highest BCUT2D eigenvalue weighted by atomic mass is 19.1. The summed E-state index contributed by atoms with van der Waals surface area (Å²) in [5.41, 5.74) is -0.319. The summed E-state index contributed by atoms with van der Waals surface area (Å²) in [7, 11) is 0. The fourth-order valence-electron chi connectivity index (χ4n) is 1.42. The molecule has 0 fully saturated rings. The Bertz CT molecular complexity index is 629. The van der Waals surface area contributed by atoms with Crippen LogP contribution in [0.25, 0.3) is 0 Å². The van der Waals surface area contributed by atoms with Gasteiger partial charge in [0.1, 0.15) is 18.0 Å². The molecule has 0 bridgehead atoms. The van der Waals surface area contributed by atoms with E-state index in [0.29, 0.717) is 5.82 Å². The SMILES string of the molecule is O=C(NCc1ncn[nH]1)Nc1ccc(C(=O)O)c(F)c1. The maximum atomic E-state index is 13.4. The Hall–Kier alpha value is -2.97. The van der Waals surface area contributed by atoms with Gasteiger partial charge in [-0.25, -0.2) is 19.0 Å². The number of urea groups is 1. The average molecular weight is 279 g/mol. The van der Waals surface area contributed by atoms with Crippen molar-refractivity contribution in [3.63, 3.8) is 0 Å². The van der Waals surface area contributed by atoms with Crippen molar-refractivity contribution in [1.82, 2.24) is 20.5 Å². The number of carbonyl (C=O) groups is 2. The highest BCUT2D eigenvalue weighted by Gasteiger charge is 2.11. The first-order valence-electron chi connectivity index (χ1n) is 5.48. The normalized spacial score (nSPS) is 10.1. The Kier molecular flexibility index (Phi) is 3.89. The van der Waals surface area contributed by atoms with Crippen LogP contribution in [0.3, 0.4) is 0 Å². The predicted molar refractivity (Wildman–Crippen MR) is 65.6 cm³/mol. The number of hydrogen-bond donors (Lipinski definition) is 4. The fraction of sp³-hybridized carbons (Fsp3) is 0.0909. The number of nitrogens with one attached hydrogen (secondary N) is 3. The number of rotatable bonds is 4. The van der Waals surface area contributed by atoms with Crippen molar-refractivity contribution in [1.29, 1.82) is 0 Å². The molecular formula is C11H10FN5O3. The number of hydrogen-bond acceptors (Lipinski definition) is 4. The summed E-state index contributed by atoms with van der Waals surface area (Å²) in [6, 6.07) is 2.71. The molecule has 8 nitrogen and oxygen atoms in total. The van der Waals surface area contributed by atoms with E-state index in [1.54, 1.807) is 0 Å². The number of amides is 2. The molecule has 4 N–H and O–H groups in total. The van der Waals surface area contributed by atoms with Gasteiger partial charge in [-0.1, -0.05) is 0 Å². The Morgan fingerprint density at radius 3 is 2.80 bits per heavy atom. The zero-order chi connectivity index (χ0) is 14.5. The lowest BCUT2D eigenvalue weighted by atomic mass is 10.2. The molecule has 0 aliphatic rings. The Morgan fingerprint density at radius 1 is 1.40 bits per heavy atom. The number of H-pyrrole nitrogens is 1. The third-order valence-corrected chi connectivity index (χ3v) is 2.34. The van der Waals surface area contributed by atoms with Crippen LogP contribution in [0.1, 0.15) is 16.2 Å². The minimum absolute atomic E-state index is 0.127. The van der Waals surface area contributed by atoms with Gasteiger partial charge >= 0.3 is 12.0 Å². The number of carbonyl (C=O) groups excluding carboxylic acids is 1. The number of benzene rings is 1. The summed E-state index contributed by atoms with van der Waals surface area (Å²) in [6.07, 6.45) is 1.30. The largest absolute Gasteiger partial charge is 0.478 e. The van der Waals surface area contributed by atoms with Gasteiger partial charge in [-0.05, 0) is 18.2 Å². The molecule has 9 heteroatoms. The molecule has 0 atom stereocenters. The van der Waals surface area contributed by atoms with Crippen molar-refractivity contribution in [3.05, 3.63) is 41.7 Å². The number of nitrogens with zero attached hydrogens (tertiary/aromatic N) is 2. The monoisotopic (exact) mass is 279 g/mol. The van der Waals surface area contributed by atoms with E-state index in [1.165, 1.54) is 12.4 Å². The van der Waals surface area contributed by atoms with Crippen LogP contribution in [0, 0.1) is 5.82 Å². The van der Waals surface area contributed by atoms with Gasteiger partial charge in [-0.3, -0.25) is 5.10 Å². The highest BCUT2D eigenvalue weighted by molar-refractivity contribution is 5.91. The number of aromatic carboxylic acids is 1. The molecule has 104 valence electrons. The summed E-state index contributed by atoms with van der Waals surface area (Å²) >= 11 is 0. The first-order valence-corrected chi connectivity index (χ1v) is 5.48. The van der Waals surface area contributed by atoms with E-state index in [9.17, 15) is 14.0 Å². The molecule has 0 aliphatic carbocycles. The molecule has 0 radical (unpaired) electrons. The molecule has 0 unspecified atom stereocenters. The fourth-order valence-corrected chi connectivity index (χ4v) is 1.42. The van der Waals surface area contributed by atoms with Crippen LogP contribution in [0.5, 0.6) is 0 Å². The predicted octanol–water partition coefficient (Wildman–Crippen LogP) is 0.964. The summed E-state index contributed by atoms with van der Waals surface area (Å²) in [4.78, 5) is 26.0. The maximum absolute atomic E-state index is 13.4. The zero-order valence-electron chi connectivity index (χ0n) is 10.1. The van der Waals surface area contributed by atoms with Gasteiger partial charge in [0.15, 0.2) is 0 Å². The molecule has 2 rings (SSSR count). The van der Waals surface area contributed by atoms with Crippen LogP contribution >= 0.6 is 0 Å². The van der Waals surface area contributed by atoms with Gasteiger partial charge in [0.25, 0.3) is 0 Å². The van der Waals surface area contributed by atoms with Gasteiger partial charge in [-0.15, -0.1) is 0 Å². The van der Waals surface area contributed by atoms with E-state index < -0.39 is 23.4 Å². The molecule has 1 aromatic heterocycles. The van der Waals surface area contributed by atoms with E-state index in [0.717, 1.165) is 12.1 Å². The Balaban J connectivity index is 1.94. The second-order valence-electron chi connectivity index (χ2n) is 3.74.